The van der Waals surface area contributed by atoms with E-state index in [1.165, 1.54) is 109 Å². The number of thiophene rings is 1. The predicted octanol–water partition coefficient (Wildman–Crippen LogP) is 16.4. The van der Waals surface area contributed by atoms with Gasteiger partial charge in [-0.15, -0.1) is 11.3 Å². The van der Waals surface area contributed by atoms with E-state index in [1.807, 2.05) is 11.3 Å². The SMILES string of the molecule is c1ccc(-c2cccc3sc4c(N(c5ccc(-c6ccc7ccccc7c6)cc5)c5cccc6c5-c5ccccc5C65c6ccccc6-c6ccccc65)cccc4c23)cc1. The van der Waals surface area contributed by atoms with Crippen molar-refractivity contribution in [2.45, 2.75) is 5.41 Å². The number of benzene rings is 10. The Bertz CT molecular complexity index is 3490. The Labute approximate surface area is 359 Å². The Morgan fingerprint density at radius 2 is 0.934 bits per heavy atom. The summed E-state index contributed by atoms with van der Waals surface area (Å²) in [6, 6.07) is 83.5. The van der Waals surface area contributed by atoms with Gasteiger partial charge in [-0.3, -0.25) is 0 Å². The number of hydrogen-bond donors (Lipinski definition) is 0. The van der Waals surface area contributed by atoms with Crippen molar-refractivity contribution in [1.82, 2.24) is 0 Å². The highest BCUT2D eigenvalue weighted by Crippen LogP contribution is 2.65. The first kappa shape index (κ1) is 34.4. The van der Waals surface area contributed by atoms with Crippen LogP contribution in [-0.2, 0) is 5.41 Å². The molecule has 13 rings (SSSR count). The third-order valence-electron chi connectivity index (χ3n) is 13.3. The lowest BCUT2D eigenvalue weighted by Gasteiger charge is -2.32. The van der Waals surface area contributed by atoms with Gasteiger partial charge in [0, 0.05) is 26.7 Å². The van der Waals surface area contributed by atoms with E-state index in [9.17, 15) is 0 Å². The van der Waals surface area contributed by atoms with E-state index in [0.29, 0.717) is 0 Å². The van der Waals surface area contributed by atoms with Gasteiger partial charge in [0.2, 0.25) is 0 Å². The van der Waals surface area contributed by atoms with Crippen molar-refractivity contribution in [2.75, 3.05) is 4.90 Å². The zero-order valence-electron chi connectivity index (χ0n) is 33.2. The molecule has 2 aliphatic rings. The maximum Gasteiger partial charge on any atom is 0.0726 e. The third-order valence-corrected chi connectivity index (χ3v) is 14.5. The van der Waals surface area contributed by atoms with Gasteiger partial charge in [-0.25, -0.2) is 0 Å². The van der Waals surface area contributed by atoms with Crippen LogP contribution in [0, 0.1) is 0 Å². The summed E-state index contributed by atoms with van der Waals surface area (Å²) in [6.45, 7) is 0. The lowest BCUT2D eigenvalue weighted by Crippen LogP contribution is -2.26. The molecular weight excluding hydrogens is 755 g/mol. The Hall–Kier alpha value is -7.52. The lowest BCUT2D eigenvalue weighted by atomic mass is 9.70. The molecule has 0 amide bonds. The van der Waals surface area contributed by atoms with E-state index in [-0.39, 0.29) is 0 Å². The van der Waals surface area contributed by atoms with Crippen LogP contribution in [0.25, 0.3) is 75.5 Å². The van der Waals surface area contributed by atoms with Crippen molar-refractivity contribution in [3.63, 3.8) is 0 Å². The molecule has 0 saturated carbocycles. The quantitative estimate of drug-likeness (QED) is 0.168. The second-order valence-electron chi connectivity index (χ2n) is 16.3. The largest absolute Gasteiger partial charge is 0.308 e. The Morgan fingerprint density at radius 1 is 0.361 bits per heavy atom. The van der Waals surface area contributed by atoms with Crippen molar-refractivity contribution in [1.29, 1.82) is 0 Å². The van der Waals surface area contributed by atoms with Gasteiger partial charge >= 0.3 is 0 Å². The molecular formula is C59H37NS. The summed E-state index contributed by atoms with van der Waals surface area (Å²) in [5.41, 5.74) is 18.5. The number of nitrogens with zero attached hydrogens (tertiary/aromatic N) is 1. The monoisotopic (exact) mass is 791 g/mol. The van der Waals surface area contributed by atoms with Gasteiger partial charge in [0.05, 0.1) is 21.5 Å². The van der Waals surface area contributed by atoms with Crippen molar-refractivity contribution >= 4 is 59.3 Å². The van der Waals surface area contributed by atoms with Crippen molar-refractivity contribution < 1.29 is 0 Å². The maximum absolute atomic E-state index is 2.55. The van der Waals surface area contributed by atoms with Crippen LogP contribution in [0.3, 0.4) is 0 Å². The zero-order valence-corrected chi connectivity index (χ0v) is 34.0. The fourth-order valence-corrected chi connectivity index (χ4v) is 12.0. The summed E-state index contributed by atoms with van der Waals surface area (Å²) < 4.78 is 2.56. The normalized spacial score (nSPS) is 13.0. The second kappa shape index (κ2) is 13.2. The molecule has 0 fully saturated rings. The first-order valence-corrected chi connectivity index (χ1v) is 21.9. The van der Waals surface area contributed by atoms with E-state index in [0.717, 1.165) is 5.69 Å². The smallest absolute Gasteiger partial charge is 0.0726 e. The summed E-state index contributed by atoms with van der Waals surface area (Å²) in [7, 11) is 0. The molecule has 284 valence electrons. The fourth-order valence-electron chi connectivity index (χ4n) is 10.8. The zero-order chi connectivity index (χ0) is 40.1. The van der Waals surface area contributed by atoms with Crippen LogP contribution < -0.4 is 4.90 Å². The van der Waals surface area contributed by atoms with E-state index in [2.05, 4.69) is 229 Å². The fraction of sp³-hybridized carbons (Fsp3) is 0.0169. The number of anilines is 3. The molecule has 0 unspecified atom stereocenters. The van der Waals surface area contributed by atoms with Crippen molar-refractivity contribution in [3.8, 4) is 44.5 Å². The van der Waals surface area contributed by atoms with E-state index in [4.69, 9.17) is 0 Å². The molecule has 0 bridgehead atoms. The molecule has 0 N–H and O–H groups in total. The first-order valence-electron chi connectivity index (χ1n) is 21.1. The van der Waals surface area contributed by atoms with E-state index < -0.39 is 5.41 Å². The molecule has 1 aromatic heterocycles. The molecule has 1 heterocycles. The van der Waals surface area contributed by atoms with Gasteiger partial charge in [0.25, 0.3) is 0 Å². The molecule has 10 aromatic carbocycles. The van der Waals surface area contributed by atoms with Crippen LogP contribution in [0.1, 0.15) is 22.3 Å². The molecule has 0 radical (unpaired) electrons. The van der Waals surface area contributed by atoms with Crippen LogP contribution in [-0.4, -0.2) is 0 Å². The minimum Gasteiger partial charge on any atom is -0.308 e. The molecule has 0 atom stereocenters. The summed E-state index contributed by atoms with van der Waals surface area (Å²) in [5, 5.41) is 5.09. The van der Waals surface area contributed by atoms with Crippen LogP contribution >= 0.6 is 11.3 Å². The molecule has 11 aromatic rings. The minimum atomic E-state index is -0.436. The maximum atomic E-state index is 2.55. The molecule has 2 heteroatoms. The van der Waals surface area contributed by atoms with Crippen LogP contribution in [0.5, 0.6) is 0 Å². The highest BCUT2D eigenvalue weighted by atomic mass is 32.1. The van der Waals surface area contributed by atoms with E-state index >= 15 is 0 Å². The summed E-state index contributed by atoms with van der Waals surface area (Å²) in [6.07, 6.45) is 0. The summed E-state index contributed by atoms with van der Waals surface area (Å²) in [5.74, 6) is 0. The summed E-state index contributed by atoms with van der Waals surface area (Å²) >= 11 is 1.89. The van der Waals surface area contributed by atoms with Gasteiger partial charge in [0.1, 0.15) is 0 Å². The second-order valence-corrected chi connectivity index (χ2v) is 17.4. The predicted molar refractivity (Wildman–Crippen MR) is 259 cm³/mol. The molecule has 61 heavy (non-hydrogen) atoms. The molecule has 0 aliphatic heterocycles. The first-order chi connectivity index (χ1) is 30.3. The van der Waals surface area contributed by atoms with Crippen molar-refractivity contribution in [3.05, 3.63) is 247 Å². The Balaban J connectivity index is 1.08. The topological polar surface area (TPSA) is 3.24 Å². The molecule has 0 saturated heterocycles. The molecule has 1 nitrogen and oxygen atoms in total. The average Bonchev–Trinajstić information content (AvgIpc) is 3.97. The number of fused-ring (bicyclic) bond motifs is 14. The highest BCUT2D eigenvalue weighted by molar-refractivity contribution is 7.26. The average molecular weight is 792 g/mol. The van der Waals surface area contributed by atoms with Gasteiger partial charge < -0.3 is 4.90 Å². The highest BCUT2D eigenvalue weighted by Gasteiger charge is 2.52. The number of rotatable bonds is 5. The number of hydrogen-bond acceptors (Lipinski definition) is 2. The van der Waals surface area contributed by atoms with Gasteiger partial charge in [-0.05, 0) is 108 Å². The van der Waals surface area contributed by atoms with Crippen molar-refractivity contribution in [2.24, 2.45) is 0 Å². The third kappa shape index (κ3) is 4.88. The minimum absolute atomic E-state index is 0.436. The summed E-state index contributed by atoms with van der Waals surface area (Å²) in [4.78, 5) is 2.55. The van der Waals surface area contributed by atoms with Gasteiger partial charge in [-0.2, -0.15) is 0 Å². The Morgan fingerprint density at radius 3 is 1.70 bits per heavy atom. The van der Waals surface area contributed by atoms with Gasteiger partial charge in [0.15, 0.2) is 0 Å². The molecule has 1 spiro atoms. The standard InChI is InChI=1S/C59H37NS/c1-2-16-40(17-3-1)44-22-13-30-55-56(44)48-23-12-29-54(58(48)61-55)60(43-35-33-39(34-36-43)42-32-31-38-15-4-5-18-41(38)37-42)53-28-14-27-52-57(53)47-21-8-11-26-51(47)59(52)49-24-9-6-19-45(49)46-20-7-10-25-50(46)59/h1-37H. The van der Waals surface area contributed by atoms with Gasteiger partial charge in [-0.1, -0.05) is 188 Å². The lowest BCUT2D eigenvalue weighted by molar-refractivity contribution is 0.794. The molecule has 2 aliphatic carbocycles. The van der Waals surface area contributed by atoms with Crippen LogP contribution in [0.15, 0.2) is 224 Å². The van der Waals surface area contributed by atoms with Crippen LogP contribution in [0.2, 0.25) is 0 Å². The van der Waals surface area contributed by atoms with E-state index in [1.54, 1.807) is 0 Å². The van der Waals surface area contributed by atoms with Crippen LogP contribution in [0.4, 0.5) is 17.1 Å². The Kier molecular flexibility index (Phi) is 7.46.